The fourth-order valence-electron chi connectivity index (χ4n) is 4.05. The van der Waals surface area contributed by atoms with Gasteiger partial charge in [0.05, 0.1) is 16.6 Å². The molecule has 1 amide bonds. The van der Waals surface area contributed by atoms with E-state index in [0.29, 0.717) is 32.1 Å². The molecule has 1 fully saturated rings. The first-order chi connectivity index (χ1) is 17.1. The Morgan fingerprint density at radius 2 is 1.58 bits per heavy atom. The van der Waals surface area contributed by atoms with E-state index >= 15 is 0 Å². The summed E-state index contributed by atoms with van der Waals surface area (Å²) >= 11 is 0. The maximum Gasteiger partial charge on any atom is 0.227 e. The molecule has 1 N–H and O–H groups in total. The molecular formula is C27H33N5O3S. The van der Waals surface area contributed by atoms with E-state index in [1.165, 1.54) is 5.56 Å². The maximum atomic E-state index is 12.9. The van der Waals surface area contributed by atoms with Crippen molar-refractivity contribution in [1.82, 2.24) is 14.9 Å². The zero-order valence-corrected chi connectivity index (χ0v) is 22.0. The molecule has 1 saturated heterocycles. The Morgan fingerprint density at radius 1 is 0.944 bits per heavy atom. The summed E-state index contributed by atoms with van der Waals surface area (Å²) in [4.78, 5) is 26.4. The SMILES string of the molecule is Cc1ccc(Nc2cc(C)nc(N3CCN(C(=O)Cc4ccc(S(=O)(=O)C(C)C)cc4)CC3)n2)cc1. The second-order valence-corrected chi connectivity index (χ2v) is 12.0. The Balaban J connectivity index is 1.35. The summed E-state index contributed by atoms with van der Waals surface area (Å²) in [5.74, 6) is 1.42. The minimum atomic E-state index is -3.32. The molecule has 0 aliphatic carbocycles. The predicted octanol–water partition coefficient (Wildman–Crippen LogP) is 3.91. The standard InChI is InChI=1S/C27H33N5O3S/c1-19(2)36(34,35)24-11-7-22(8-12-24)18-26(33)31-13-15-32(16-14-31)27-28-21(4)17-25(30-27)29-23-9-5-20(3)6-10-23/h5-12,17,19H,13-16,18H2,1-4H3,(H,28,29,30). The molecule has 0 radical (unpaired) electrons. The topological polar surface area (TPSA) is 95.5 Å². The molecule has 1 aliphatic rings. The molecule has 9 heteroatoms. The normalized spacial score (nSPS) is 14.2. The Hall–Kier alpha value is -3.46. The lowest BCUT2D eigenvalue weighted by molar-refractivity contribution is -0.130. The number of sulfone groups is 1. The van der Waals surface area contributed by atoms with Crippen LogP contribution < -0.4 is 10.2 Å². The number of aryl methyl sites for hydroxylation is 2. The summed E-state index contributed by atoms with van der Waals surface area (Å²) in [5.41, 5.74) is 3.84. The van der Waals surface area contributed by atoms with Crippen LogP contribution in [0.2, 0.25) is 0 Å². The highest BCUT2D eigenvalue weighted by Gasteiger charge is 2.24. The van der Waals surface area contributed by atoms with Crippen molar-refractivity contribution in [2.75, 3.05) is 36.4 Å². The first-order valence-electron chi connectivity index (χ1n) is 12.2. The van der Waals surface area contributed by atoms with Crippen LogP contribution in [0.5, 0.6) is 0 Å². The minimum absolute atomic E-state index is 0.0287. The highest BCUT2D eigenvalue weighted by atomic mass is 32.2. The number of aromatic nitrogens is 2. The highest BCUT2D eigenvalue weighted by Crippen LogP contribution is 2.21. The van der Waals surface area contributed by atoms with Crippen molar-refractivity contribution in [3.63, 3.8) is 0 Å². The Morgan fingerprint density at radius 3 is 2.19 bits per heavy atom. The quantitative estimate of drug-likeness (QED) is 0.518. The molecule has 3 aromatic rings. The van der Waals surface area contributed by atoms with Crippen molar-refractivity contribution in [3.05, 3.63) is 71.4 Å². The van der Waals surface area contributed by atoms with E-state index in [0.717, 1.165) is 22.8 Å². The molecule has 36 heavy (non-hydrogen) atoms. The second-order valence-electron chi connectivity index (χ2n) is 9.47. The van der Waals surface area contributed by atoms with E-state index in [4.69, 9.17) is 4.98 Å². The van der Waals surface area contributed by atoms with Crippen LogP contribution in [0.4, 0.5) is 17.5 Å². The van der Waals surface area contributed by atoms with Gasteiger partial charge < -0.3 is 15.1 Å². The summed E-state index contributed by atoms with van der Waals surface area (Å²) in [7, 11) is -3.32. The average Bonchev–Trinajstić information content (AvgIpc) is 2.85. The van der Waals surface area contributed by atoms with Crippen LogP contribution in [0.3, 0.4) is 0 Å². The van der Waals surface area contributed by atoms with E-state index in [2.05, 4.69) is 34.3 Å². The van der Waals surface area contributed by atoms with Crippen LogP contribution in [0.15, 0.2) is 59.5 Å². The molecule has 2 aromatic carbocycles. The molecule has 2 heterocycles. The molecule has 0 spiro atoms. The summed E-state index contributed by atoms with van der Waals surface area (Å²) < 4.78 is 24.6. The van der Waals surface area contributed by atoms with Crippen LogP contribution in [-0.4, -0.2) is 60.6 Å². The van der Waals surface area contributed by atoms with E-state index < -0.39 is 15.1 Å². The van der Waals surface area contributed by atoms with Gasteiger partial charge in [-0.05, 0) is 57.5 Å². The van der Waals surface area contributed by atoms with Gasteiger partial charge in [-0.3, -0.25) is 4.79 Å². The van der Waals surface area contributed by atoms with Gasteiger partial charge in [-0.1, -0.05) is 29.8 Å². The number of piperazine rings is 1. The third-order valence-corrected chi connectivity index (χ3v) is 8.48. The first-order valence-corrected chi connectivity index (χ1v) is 13.7. The fraction of sp³-hybridized carbons (Fsp3) is 0.370. The molecule has 0 unspecified atom stereocenters. The number of rotatable bonds is 7. The molecule has 1 aromatic heterocycles. The predicted molar refractivity (Wildman–Crippen MR) is 142 cm³/mol. The molecule has 0 atom stereocenters. The summed E-state index contributed by atoms with van der Waals surface area (Å²) in [6.45, 7) is 9.77. The fourth-order valence-corrected chi connectivity index (χ4v) is 5.11. The zero-order valence-electron chi connectivity index (χ0n) is 21.2. The lowest BCUT2D eigenvalue weighted by atomic mass is 10.1. The van der Waals surface area contributed by atoms with Gasteiger partial charge in [-0.15, -0.1) is 0 Å². The van der Waals surface area contributed by atoms with Crippen molar-refractivity contribution in [2.45, 2.75) is 44.3 Å². The van der Waals surface area contributed by atoms with Crippen LogP contribution in [0.25, 0.3) is 0 Å². The van der Waals surface area contributed by atoms with E-state index in [1.807, 2.05) is 30.0 Å². The van der Waals surface area contributed by atoms with Crippen LogP contribution in [0, 0.1) is 13.8 Å². The molecule has 1 aliphatic heterocycles. The Kier molecular flexibility index (Phi) is 7.59. The number of hydrogen-bond acceptors (Lipinski definition) is 7. The van der Waals surface area contributed by atoms with Crippen molar-refractivity contribution in [1.29, 1.82) is 0 Å². The van der Waals surface area contributed by atoms with Crippen LogP contribution in [-0.2, 0) is 21.1 Å². The van der Waals surface area contributed by atoms with E-state index in [9.17, 15) is 13.2 Å². The number of nitrogens with zero attached hydrogens (tertiary/aromatic N) is 4. The molecular weight excluding hydrogens is 474 g/mol. The summed E-state index contributed by atoms with van der Waals surface area (Å²) in [6.07, 6.45) is 0.244. The number of nitrogens with one attached hydrogen (secondary N) is 1. The van der Waals surface area contributed by atoms with E-state index in [-0.39, 0.29) is 17.2 Å². The smallest absolute Gasteiger partial charge is 0.227 e. The van der Waals surface area contributed by atoms with Gasteiger partial charge in [0.25, 0.3) is 0 Å². The summed E-state index contributed by atoms with van der Waals surface area (Å²) in [6, 6.07) is 16.7. The molecule has 8 nitrogen and oxygen atoms in total. The molecule has 0 bridgehead atoms. The zero-order chi connectivity index (χ0) is 25.9. The average molecular weight is 508 g/mol. The van der Waals surface area contributed by atoms with Crippen LogP contribution in [0.1, 0.15) is 30.7 Å². The maximum absolute atomic E-state index is 12.9. The van der Waals surface area contributed by atoms with Gasteiger partial charge in [0.2, 0.25) is 11.9 Å². The largest absolute Gasteiger partial charge is 0.340 e. The molecule has 0 saturated carbocycles. The van der Waals surface area contributed by atoms with Crippen molar-refractivity contribution >= 4 is 33.2 Å². The number of hydrogen-bond donors (Lipinski definition) is 1. The minimum Gasteiger partial charge on any atom is -0.340 e. The van der Waals surface area contributed by atoms with Gasteiger partial charge in [0.1, 0.15) is 5.82 Å². The lowest BCUT2D eigenvalue weighted by Crippen LogP contribution is -2.49. The van der Waals surface area contributed by atoms with Gasteiger partial charge in [0, 0.05) is 43.6 Å². The number of amides is 1. The van der Waals surface area contributed by atoms with Gasteiger partial charge in [-0.25, -0.2) is 13.4 Å². The van der Waals surface area contributed by atoms with Crippen molar-refractivity contribution in [2.24, 2.45) is 0 Å². The number of carbonyl (C=O) groups is 1. The molecule has 4 rings (SSSR count). The monoisotopic (exact) mass is 507 g/mol. The van der Waals surface area contributed by atoms with Gasteiger partial charge in [-0.2, -0.15) is 4.98 Å². The third kappa shape index (κ3) is 6.02. The first kappa shape index (κ1) is 25.6. The van der Waals surface area contributed by atoms with Crippen molar-refractivity contribution < 1.29 is 13.2 Å². The Bertz CT molecular complexity index is 1310. The molecule has 190 valence electrons. The summed E-state index contributed by atoms with van der Waals surface area (Å²) in [5, 5.41) is 2.87. The van der Waals surface area contributed by atoms with Gasteiger partial charge in [0.15, 0.2) is 9.84 Å². The lowest BCUT2D eigenvalue weighted by Gasteiger charge is -2.35. The third-order valence-electron chi connectivity index (χ3n) is 6.31. The van der Waals surface area contributed by atoms with Crippen LogP contribution >= 0.6 is 0 Å². The van der Waals surface area contributed by atoms with Gasteiger partial charge >= 0.3 is 0 Å². The Labute approximate surface area is 213 Å². The second kappa shape index (κ2) is 10.7. The number of benzene rings is 2. The highest BCUT2D eigenvalue weighted by molar-refractivity contribution is 7.92. The number of carbonyl (C=O) groups excluding carboxylic acids is 1. The number of anilines is 3. The van der Waals surface area contributed by atoms with E-state index in [1.54, 1.807) is 38.1 Å². The van der Waals surface area contributed by atoms with Crippen molar-refractivity contribution in [3.8, 4) is 0 Å².